The zero-order chi connectivity index (χ0) is 17.5. The highest BCUT2D eigenvalue weighted by Gasteiger charge is 2.52. The molecule has 24 heavy (non-hydrogen) atoms. The summed E-state index contributed by atoms with van der Waals surface area (Å²) in [5, 5.41) is 2.77. The summed E-state index contributed by atoms with van der Waals surface area (Å²) < 4.78 is 9.95. The van der Waals surface area contributed by atoms with E-state index in [1.54, 1.807) is 23.6 Å². The molecule has 0 aliphatic carbocycles. The molecule has 2 rings (SSSR count). The summed E-state index contributed by atoms with van der Waals surface area (Å²) in [4.78, 5) is 38.2. The van der Waals surface area contributed by atoms with Crippen LogP contribution in [0.4, 0.5) is 0 Å². The summed E-state index contributed by atoms with van der Waals surface area (Å²) in [6, 6.07) is -0.546. The molecule has 0 radical (unpaired) electrons. The molecule has 8 heteroatoms. The maximum absolute atomic E-state index is 12.6. The van der Waals surface area contributed by atoms with Crippen molar-refractivity contribution in [3.63, 3.8) is 0 Å². The zero-order valence-electron chi connectivity index (χ0n) is 14.3. The Labute approximate surface area is 146 Å². The van der Waals surface area contributed by atoms with Crippen molar-refractivity contribution < 1.29 is 23.9 Å². The van der Waals surface area contributed by atoms with Crippen LogP contribution in [-0.4, -0.2) is 72.6 Å². The molecule has 0 aromatic rings. The maximum atomic E-state index is 12.6. The first-order valence-electron chi connectivity index (χ1n) is 8.48. The average Bonchev–Trinajstić information content (AvgIpc) is 3.19. The van der Waals surface area contributed by atoms with Crippen molar-refractivity contribution in [2.75, 3.05) is 31.7 Å². The first-order chi connectivity index (χ1) is 11.6. The van der Waals surface area contributed by atoms with E-state index in [9.17, 15) is 14.4 Å². The van der Waals surface area contributed by atoms with Crippen molar-refractivity contribution in [2.24, 2.45) is 0 Å². The lowest BCUT2D eigenvalue weighted by atomic mass is 10.1. The lowest BCUT2D eigenvalue weighted by molar-refractivity contribution is -0.144. The van der Waals surface area contributed by atoms with Crippen LogP contribution in [0.1, 0.15) is 32.6 Å². The fourth-order valence-corrected chi connectivity index (χ4v) is 3.27. The number of epoxide rings is 1. The number of nitrogens with zero attached hydrogens (tertiary/aromatic N) is 1. The van der Waals surface area contributed by atoms with Crippen molar-refractivity contribution in [1.29, 1.82) is 0 Å². The van der Waals surface area contributed by atoms with Crippen LogP contribution in [0.25, 0.3) is 0 Å². The Hall–Kier alpha value is -1.28. The Kier molecular flexibility index (Phi) is 7.36. The number of carbonyl (C=O) groups excluding carboxylic acids is 3. The van der Waals surface area contributed by atoms with E-state index >= 15 is 0 Å². The maximum Gasteiger partial charge on any atom is 0.338 e. The van der Waals surface area contributed by atoms with Gasteiger partial charge in [0.2, 0.25) is 5.91 Å². The van der Waals surface area contributed by atoms with E-state index in [4.69, 9.17) is 9.47 Å². The number of esters is 1. The van der Waals surface area contributed by atoms with E-state index in [1.807, 2.05) is 6.26 Å². The van der Waals surface area contributed by atoms with Gasteiger partial charge in [0.15, 0.2) is 12.2 Å². The van der Waals surface area contributed by atoms with Gasteiger partial charge in [0.25, 0.3) is 5.91 Å². The predicted molar refractivity (Wildman–Crippen MR) is 90.7 cm³/mol. The minimum absolute atomic E-state index is 0.0321. The third kappa shape index (κ3) is 5.11. The Bertz CT molecular complexity index is 467. The second kappa shape index (κ2) is 9.27. The van der Waals surface area contributed by atoms with E-state index < -0.39 is 30.1 Å². The Morgan fingerprint density at radius 3 is 2.62 bits per heavy atom. The van der Waals surface area contributed by atoms with Crippen LogP contribution < -0.4 is 5.32 Å². The van der Waals surface area contributed by atoms with Crippen LogP contribution in [0.2, 0.25) is 0 Å². The van der Waals surface area contributed by atoms with E-state index in [0.717, 1.165) is 38.1 Å². The number of thioether (sulfide) groups is 1. The molecule has 0 unspecified atom stereocenters. The normalized spacial score (nSPS) is 23.7. The van der Waals surface area contributed by atoms with Gasteiger partial charge in [-0.3, -0.25) is 9.59 Å². The number of amides is 2. The molecule has 0 bridgehead atoms. The molecule has 2 fully saturated rings. The molecule has 136 valence electrons. The van der Waals surface area contributed by atoms with Gasteiger partial charge < -0.3 is 19.7 Å². The molecule has 2 heterocycles. The van der Waals surface area contributed by atoms with Crippen molar-refractivity contribution in [2.45, 2.75) is 50.9 Å². The van der Waals surface area contributed by atoms with Gasteiger partial charge in [0.1, 0.15) is 6.04 Å². The Morgan fingerprint density at radius 2 is 2.00 bits per heavy atom. The second-order valence-electron chi connectivity index (χ2n) is 5.96. The molecule has 2 amide bonds. The van der Waals surface area contributed by atoms with Crippen LogP contribution in [-0.2, 0) is 23.9 Å². The highest BCUT2D eigenvalue weighted by molar-refractivity contribution is 7.98. The van der Waals surface area contributed by atoms with Crippen LogP contribution in [0.15, 0.2) is 0 Å². The quantitative estimate of drug-likeness (QED) is 0.368. The molecular weight excluding hydrogens is 332 g/mol. The number of carbonyl (C=O) groups is 3. The summed E-state index contributed by atoms with van der Waals surface area (Å²) in [6.45, 7) is 3.45. The molecular formula is C16H26N2O5S. The van der Waals surface area contributed by atoms with E-state index in [0.29, 0.717) is 6.42 Å². The summed E-state index contributed by atoms with van der Waals surface area (Å²) in [5.41, 5.74) is 0. The molecule has 0 aromatic carbocycles. The fraction of sp³-hybridized carbons (Fsp3) is 0.812. The van der Waals surface area contributed by atoms with Crippen molar-refractivity contribution >= 4 is 29.5 Å². The first kappa shape index (κ1) is 19.1. The minimum Gasteiger partial charge on any atom is -0.464 e. The number of hydrogen-bond acceptors (Lipinski definition) is 6. The number of rotatable bonds is 9. The second-order valence-corrected chi connectivity index (χ2v) is 6.94. The molecule has 0 aromatic heterocycles. The largest absolute Gasteiger partial charge is 0.464 e. The smallest absolute Gasteiger partial charge is 0.338 e. The molecule has 7 nitrogen and oxygen atoms in total. The highest BCUT2D eigenvalue weighted by atomic mass is 32.2. The average molecular weight is 358 g/mol. The topological polar surface area (TPSA) is 88.2 Å². The van der Waals surface area contributed by atoms with Crippen LogP contribution >= 0.6 is 11.8 Å². The lowest BCUT2D eigenvalue weighted by Gasteiger charge is -2.23. The molecule has 0 saturated carbocycles. The van der Waals surface area contributed by atoms with Gasteiger partial charge >= 0.3 is 5.97 Å². The van der Waals surface area contributed by atoms with E-state index in [-0.39, 0.29) is 12.5 Å². The van der Waals surface area contributed by atoms with Gasteiger partial charge in [-0.25, -0.2) is 4.79 Å². The number of hydrogen-bond donors (Lipinski definition) is 1. The van der Waals surface area contributed by atoms with Gasteiger partial charge in [0.05, 0.1) is 6.61 Å². The highest BCUT2D eigenvalue weighted by Crippen LogP contribution is 2.24. The van der Waals surface area contributed by atoms with E-state index in [1.165, 1.54) is 0 Å². The predicted octanol–water partition coefficient (Wildman–Crippen LogP) is 0.567. The number of ether oxygens (including phenoxy) is 2. The molecule has 1 N–H and O–H groups in total. The summed E-state index contributed by atoms with van der Waals surface area (Å²) in [7, 11) is 0. The summed E-state index contributed by atoms with van der Waals surface area (Å²) in [6.07, 6.45) is 3.80. The van der Waals surface area contributed by atoms with Crippen LogP contribution in [0, 0.1) is 0 Å². The van der Waals surface area contributed by atoms with Crippen molar-refractivity contribution in [1.82, 2.24) is 10.2 Å². The fourth-order valence-electron chi connectivity index (χ4n) is 2.82. The standard InChI is InChI=1S/C16H26N2O5S/c1-3-22-16(21)13-12(23-13)14(19)17-11(7-6-10-24-2)15(20)18-8-4-5-9-18/h11-13H,3-10H2,1-2H3,(H,17,19)/t11-,12-,13-/m0/s1. The van der Waals surface area contributed by atoms with Gasteiger partial charge in [-0.15, -0.1) is 0 Å². The molecule has 0 spiro atoms. The minimum atomic E-state index is -0.835. The third-order valence-electron chi connectivity index (χ3n) is 4.14. The SMILES string of the molecule is CCOC(=O)[C@H]1O[C@@H]1C(=O)N[C@@H](CCCSC)C(=O)N1CCCC1. The molecule has 2 saturated heterocycles. The number of nitrogens with one attached hydrogen (secondary N) is 1. The van der Waals surface area contributed by atoms with Gasteiger partial charge in [-0.05, 0) is 44.6 Å². The molecule has 3 atom stereocenters. The third-order valence-corrected chi connectivity index (χ3v) is 4.84. The monoisotopic (exact) mass is 358 g/mol. The van der Waals surface area contributed by atoms with Crippen molar-refractivity contribution in [3.8, 4) is 0 Å². The number of likely N-dealkylation sites (tertiary alicyclic amines) is 1. The molecule has 2 aliphatic rings. The zero-order valence-corrected chi connectivity index (χ0v) is 15.1. The summed E-state index contributed by atoms with van der Waals surface area (Å²) in [5.74, 6) is -0.0297. The lowest BCUT2D eigenvalue weighted by Crippen LogP contribution is -2.49. The van der Waals surface area contributed by atoms with Gasteiger partial charge in [0, 0.05) is 13.1 Å². The van der Waals surface area contributed by atoms with Crippen LogP contribution in [0.5, 0.6) is 0 Å². The van der Waals surface area contributed by atoms with Crippen molar-refractivity contribution in [3.05, 3.63) is 0 Å². The first-order valence-corrected chi connectivity index (χ1v) is 9.88. The summed E-state index contributed by atoms with van der Waals surface area (Å²) >= 11 is 1.71. The Morgan fingerprint density at radius 1 is 1.29 bits per heavy atom. The molecule has 2 aliphatic heterocycles. The Balaban J connectivity index is 1.88. The van der Waals surface area contributed by atoms with Crippen LogP contribution in [0.3, 0.4) is 0 Å². The van der Waals surface area contributed by atoms with E-state index in [2.05, 4.69) is 5.32 Å². The van der Waals surface area contributed by atoms with Gasteiger partial charge in [-0.2, -0.15) is 11.8 Å². The van der Waals surface area contributed by atoms with Gasteiger partial charge in [-0.1, -0.05) is 0 Å².